The predicted molar refractivity (Wildman–Crippen MR) is 264 cm³/mol. The van der Waals surface area contributed by atoms with E-state index >= 15 is 0 Å². The van der Waals surface area contributed by atoms with Gasteiger partial charge in [-0.15, -0.1) is 0 Å². The molecule has 0 fully saturated rings. The van der Waals surface area contributed by atoms with Gasteiger partial charge in [0.1, 0.15) is 0 Å². The van der Waals surface area contributed by atoms with E-state index in [0.29, 0.717) is 0 Å². The summed E-state index contributed by atoms with van der Waals surface area (Å²) in [4.78, 5) is 2.45. The van der Waals surface area contributed by atoms with Gasteiger partial charge < -0.3 is 4.90 Å². The number of hydrogen-bond acceptors (Lipinski definition) is 1. The van der Waals surface area contributed by atoms with E-state index in [0.717, 1.165) is 17.1 Å². The van der Waals surface area contributed by atoms with Gasteiger partial charge in [0.15, 0.2) is 0 Å². The maximum atomic E-state index is 2.45. The minimum absolute atomic E-state index is 0.0574. The fourth-order valence-electron chi connectivity index (χ4n) is 10.4. The highest BCUT2D eigenvalue weighted by Crippen LogP contribution is 2.50. The first kappa shape index (κ1) is 36.1. The molecular weight excluding hydrogens is 747 g/mol. The van der Waals surface area contributed by atoms with Crippen LogP contribution in [0.5, 0.6) is 0 Å². The molecule has 0 aromatic heterocycles. The van der Waals surface area contributed by atoms with Gasteiger partial charge in [0.2, 0.25) is 0 Å². The van der Waals surface area contributed by atoms with Gasteiger partial charge in [0.05, 0.1) is 5.69 Å². The first-order valence-electron chi connectivity index (χ1n) is 21.7. The number of benzene rings is 11. The minimum atomic E-state index is -0.0574. The minimum Gasteiger partial charge on any atom is -0.310 e. The second kappa shape index (κ2) is 14.2. The van der Waals surface area contributed by atoms with E-state index in [9.17, 15) is 0 Å². The van der Waals surface area contributed by atoms with Crippen molar-refractivity contribution in [2.75, 3.05) is 4.90 Å². The van der Waals surface area contributed by atoms with Crippen LogP contribution in [0, 0.1) is 0 Å². The zero-order valence-corrected chi connectivity index (χ0v) is 34.8. The van der Waals surface area contributed by atoms with Crippen LogP contribution in [0.1, 0.15) is 25.0 Å². The van der Waals surface area contributed by atoms with Crippen LogP contribution in [0.4, 0.5) is 17.1 Å². The van der Waals surface area contributed by atoms with Crippen LogP contribution in [0.2, 0.25) is 0 Å². The maximum Gasteiger partial charge on any atom is 0.0540 e. The highest BCUT2D eigenvalue weighted by molar-refractivity contribution is 6.25. The smallest absolute Gasteiger partial charge is 0.0540 e. The molecule has 0 heterocycles. The number of hydrogen-bond donors (Lipinski definition) is 0. The van der Waals surface area contributed by atoms with Crippen molar-refractivity contribution in [3.05, 3.63) is 236 Å². The Bertz CT molecular complexity index is 3450. The van der Waals surface area contributed by atoms with Gasteiger partial charge in [-0.1, -0.05) is 202 Å². The molecule has 11 aromatic carbocycles. The highest BCUT2D eigenvalue weighted by Gasteiger charge is 2.35. The molecule has 0 aliphatic heterocycles. The number of nitrogens with zero attached hydrogens (tertiary/aromatic N) is 1. The molecule has 1 aliphatic carbocycles. The maximum absolute atomic E-state index is 2.45. The molecule has 0 radical (unpaired) electrons. The molecule has 12 rings (SSSR count). The molecule has 0 N–H and O–H groups in total. The van der Waals surface area contributed by atoms with Crippen molar-refractivity contribution in [1.82, 2.24) is 0 Å². The first-order chi connectivity index (χ1) is 30.5. The van der Waals surface area contributed by atoms with E-state index in [1.165, 1.54) is 99.1 Å². The molecule has 292 valence electrons. The normalized spacial score (nSPS) is 12.8. The predicted octanol–water partition coefficient (Wildman–Crippen LogP) is 17.0. The van der Waals surface area contributed by atoms with Crippen LogP contribution in [0.25, 0.3) is 88.0 Å². The number of anilines is 3. The van der Waals surface area contributed by atoms with Crippen LogP contribution in [0.15, 0.2) is 224 Å². The third-order valence-electron chi connectivity index (χ3n) is 13.4. The quantitative estimate of drug-likeness (QED) is 0.145. The van der Waals surface area contributed by atoms with E-state index in [1.54, 1.807) is 0 Å². The molecule has 0 spiro atoms. The Hall–Kier alpha value is -7.74. The lowest BCUT2D eigenvalue weighted by atomic mass is 9.81. The summed E-state index contributed by atoms with van der Waals surface area (Å²) in [6.07, 6.45) is 0. The fourth-order valence-corrected chi connectivity index (χ4v) is 10.4. The third-order valence-corrected chi connectivity index (χ3v) is 13.4. The Kier molecular flexibility index (Phi) is 8.27. The summed E-state index contributed by atoms with van der Waals surface area (Å²) in [7, 11) is 0. The van der Waals surface area contributed by atoms with E-state index < -0.39 is 0 Å². The van der Waals surface area contributed by atoms with Crippen molar-refractivity contribution in [1.29, 1.82) is 0 Å². The summed E-state index contributed by atoms with van der Waals surface area (Å²) in [5, 5.41) is 7.73. The van der Waals surface area contributed by atoms with E-state index in [-0.39, 0.29) is 5.41 Å². The second-order valence-electron chi connectivity index (χ2n) is 17.3. The zero-order valence-electron chi connectivity index (χ0n) is 34.8. The van der Waals surface area contributed by atoms with Crippen molar-refractivity contribution >= 4 is 49.4 Å². The molecule has 0 bridgehead atoms. The molecule has 0 saturated carbocycles. The molecule has 0 amide bonds. The van der Waals surface area contributed by atoms with Crippen molar-refractivity contribution in [3.8, 4) is 55.6 Å². The standard InChI is InChI=1S/C61H43N/c1-61(2)56-22-11-9-21-52(56)53-35-30-46(38-57(53)61)40-26-31-47(32-27-40)62(58-23-12-10-20-50(58)42-16-7-4-8-17-42)48-33-37-49(41-14-5-3-6-15-41)55(39-48)51-34-28-45-25-24-43-18-13-19-44-29-36-54(51)60(45)59(43)44/h3-39H,1-2H3. The largest absolute Gasteiger partial charge is 0.310 e. The summed E-state index contributed by atoms with van der Waals surface area (Å²) in [6.45, 7) is 4.71. The van der Waals surface area contributed by atoms with E-state index in [4.69, 9.17) is 0 Å². The molecule has 1 nitrogen and oxygen atoms in total. The molecule has 0 atom stereocenters. The number of rotatable bonds is 7. The van der Waals surface area contributed by atoms with Crippen molar-refractivity contribution in [3.63, 3.8) is 0 Å². The fraction of sp³-hybridized carbons (Fsp3) is 0.0492. The lowest BCUT2D eigenvalue weighted by molar-refractivity contribution is 0.660. The Morgan fingerprint density at radius 2 is 0.855 bits per heavy atom. The van der Waals surface area contributed by atoms with Crippen LogP contribution >= 0.6 is 0 Å². The summed E-state index contributed by atoms with van der Waals surface area (Å²) >= 11 is 0. The lowest BCUT2D eigenvalue weighted by Gasteiger charge is -2.29. The Morgan fingerprint density at radius 3 is 1.61 bits per heavy atom. The van der Waals surface area contributed by atoms with E-state index in [1.807, 2.05) is 0 Å². The molecule has 62 heavy (non-hydrogen) atoms. The Labute approximate surface area is 363 Å². The van der Waals surface area contributed by atoms with E-state index in [2.05, 4.69) is 243 Å². The first-order valence-corrected chi connectivity index (χ1v) is 21.7. The number of fused-ring (bicyclic) bond motifs is 3. The summed E-state index contributed by atoms with van der Waals surface area (Å²) in [5.74, 6) is 0. The Balaban J connectivity index is 1.05. The number of para-hydroxylation sites is 1. The van der Waals surface area contributed by atoms with Gasteiger partial charge in [-0.2, -0.15) is 0 Å². The van der Waals surface area contributed by atoms with Crippen LogP contribution in [-0.4, -0.2) is 0 Å². The topological polar surface area (TPSA) is 3.24 Å². The van der Waals surface area contributed by atoms with Gasteiger partial charge in [-0.05, 0) is 130 Å². The van der Waals surface area contributed by atoms with Gasteiger partial charge in [0, 0.05) is 22.4 Å². The molecule has 0 unspecified atom stereocenters. The van der Waals surface area contributed by atoms with Crippen LogP contribution < -0.4 is 4.90 Å². The van der Waals surface area contributed by atoms with Crippen molar-refractivity contribution < 1.29 is 0 Å². The summed E-state index contributed by atoms with van der Waals surface area (Å²) in [6, 6.07) is 83.0. The summed E-state index contributed by atoms with van der Waals surface area (Å²) in [5.41, 5.74) is 18.4. The highest BCUT2D eigenvalue weighted by atomic mass is 15.1. The van der Waals surface area contributed by atoms with Crippen molar-refractivity contribution in [2.24, 2.45) is 0 Å². The van der Waals surface area contributed by atoms with Gasteiger partial charge >= 0.3 is 0 Å². The molecule has 0 saturated heterocycles. The average molecular weight is 790 g/mol. The summed E-state index contributed by atoms with van der Waals surface area (Å²) < 4.78 is 0. The van der Waals surface area contributed by atoms with Gasteiger partial charge in [0.25, 0.3) is 0 Å². The Morgan fingerprint density at radius 1 is 0.306 bits per heavy atom. The third kappa shape index (κ3) is 5.70. The van der Waals surface area contributed by atoms with Crippen LogP contribution in [-0.2, 0) is 5.41 Å². The molecule has 1 heteroatoms. The average Bonchev–Trinajstić information content (AvgIpc) is 3.57. The zero-order chi connectivity index (χ0) is 41.4. The van der Waals surface area contributed by atoms with Gasteiger partial charge in [-0.25, -0.2) is 0 Å². The lowest BCUT2D eigenvalue weighted by Crippen LogP contribution is -2.14. The molecular formula is C61H43N. The monoisotopic (exact) mass is 789 g/mol. The van der Waals surface area contributed by atoms with Crippen LogP contribution in [0.3, 0.4) is 0 Å². The molecule has 1 aliphatic rings. The van der Waals surface area contributed by atoms with Crippen molar-refractivity contribution in [2.45, 2.75) is 19.3 Å². The SMILES string of the molecule is CC1(C)c2ccccc2-c2ccc(-c3ccc(N(c4ccc(-c5ccccc5)c(-c5ccc6ccc7cccc8ccc5c6c78)c4)c4ccccc4-c4ccccc4)cc3)cc21. The second-order valence-corrected chi connectivity index (χ2v) is 17.3. The van der Waals surface area contributed by atoms with Gasteiger partial charge in [-0.3, -0.25) is 0 Å². The molecule has 11 aromatic rings.